The minimum Gasteiger partial charge on any atom is -0.394 e. The first-order valence-corrected chi connectivity index (χ1v) is 4.30. The number of alkyl halides is 2. The van der Waals surface area contributed by atoms with Gasteiger partial charge in [0.05, 0.1) is 13.2 Å². The minimum atomic E-state index is -2.27. The molecule has 0 aromatic carbocycles. The number of fused-ring (bicyclic) bond motifs is 1. The summed E-state index contributed by atoms with van der Waals surface area (Å²) in [7, 11) is 0. The first-order chi connectivity index (χ1) is 5.66. The first-order valence-electron chi connectivity index (χ1n) is 4.30. The number of aliphatic hydroxyl groups is 1. The zero-order valence-corrected chi connectivity index (χ0v) is 8.07. The van der Waals surface area contributed by atoms with Crippen molar-refractivity contribution < 1.29 is 13.9 Å². The van der Waals surface area contributed by atoms with Gasteiger partial charge in [-0.2, -0.15) is 0 Å². The summed E-state index contributed by atoms with van der Waals surface area (Å²) in [6.07, 6.45) is -0.445. The fraction of sp³-hybridized carbons (Fsp3) is 1.00. The highest BCUT2D eigenvalue weighted by Crippen LogP contribution is 2.50. The molecule has 2 saturated heterocycles. The second-order valence-electron chi connectivity index (χ2n) is 3.95. The van der Waals surface area contributed by atoms with Crippen LogP contribution in [0.2, 0.25) is 0 Å². The third-order valence-corrected chi connectivity index (χ3v) is 3.14. The van der Waals surface area contributed by atoms with Crippen LogP contribution in [0.3, 0.4) is 0 Å². The Morgan fingerprint density at radius 3 is 2.54 bits per heavy atom. The highest BCUT2D eigenvalue weighted by Gasteiger charge is 2.55. The van der Waals surface area contributed by atoms with Gasteiger partial charge in [-0.05, 0) is 18.8 Å². The molecule has 2 nitrogen and oxygen atoms in total. The summed E-state index contributed by atoms with van der Waals surface area (Å²) < 4.78 is 24.1. The molecule has 13 heavy (non-hydrogen) atoms. The second-order valence-corrected chi connectivity index (χ2v) is 3.95. The average molecular weight is 214 g/mol. The number of hydrogen-bond donors (Lipinski definition) is 1. The Morgan fingerprint density at radius 1 is 1.46 bits per heavy atom. The van der Waals surface area contributed by atoms with Crippen LogP contribution in [0, 0.1) is 5.92 Å². The number of hydrogen-bond acceptors (Lipinski definition) is 2. The van der Waals surface area contributed by atoms with Crippen LogP contribution < -0.4 is 0 Å². The summed E-state index contributed by atoms with van der Waals surface area (Å²) in [6.45, 7) is 0.623. The fourth-order valence-electron chi connectivity index (χ4n) is 2.57. The summed E-state index contributed by atoms with van der Waals surface area (Å²) in [5.74, 6) is 0.566. The van der Waals surface area contributed by atoms with Gasteiger partial charge in [0.1, 0.15) is 0 Å². The highest BCUT2D eigenvalue weighted by atomic mass is 35.5. The molecule has 3 rings (SSSR count). The van der Waals surface area contributed by atoms with E-state index in [-0.39, 0.29) is 31.1 Å². The molecular formula is C8H14ClF2NO. The maximum Gasteiger partial charge on any atom is 0.251 e. The van der Waals surface area contributed by atoms with E-state index < -0.39 is 6.43 Å². The van der Waals surface area contributed by atoms with E-state index in [9.17, 15) is 8.78 Å². The highest BCUT2D eigenvalue weighted by molar-refractivity contribution is 5.85. The van der Waals surface area contributed by atoms with Crippen molar-refractivity contribution >= 4 is 12.4 Å². The van der Waals surface area contributed by atoms with Crippen molar-refractivity contribution in [3.63, 3.8) is 0 Å². The van der Waals surface area contributed by atoms with Crippen molar-refractivity contribution in [3.8, 4) is 0 Å². The van der Waals surface area contributed by atoms with E-state index in [4.69, 9.17) is 5.11 Å². The van der Waals surface area contributed by atoms with E-state index in [0.29, 0.717) is 5.92 Å². The first kappa shape index (κ1) is 11.1. The summed E-state index contributed by atoms with van der Waals surface area (Å²) in [5, 5.41) is 9.06. The molecule has 0 amide bonds. The van der Waals surface area contributed by atoms with Crippen LogP contribution in [0.4, 0.5) is 8.78 Å². The lowest BCUT2D eigenvalue weighted by Gasteiger charge is -2.40. The van der Waals surface area contributed by atoms with Crippen LogP contribution in [0.5, 0.6) is 0 Å². The van der Waals surface area contributed by atoms with E-state index >= 15 is 0 Å². The fourth-order valence-corrected chi connectivity index (χ4v) is 2.57. The zero-order chi connectivity index (χ0) is 8.77. The molecule has 0 spiro atoms. The molecule has 2 aliphatic heterocycles. The maximum absolute atomic E-state index is 12.1. The predicted molar refractivity (Wildman–Crippen MR) is 47.4 cm³/mol. The summed E-state index contributed by atoms with van der Waals surface area (Å²) >= 11 is 0. The van der Waals surface area contributed by atoms with Gasteiger partial charge in [-0.25, -0.2) is 8.78 Å². The average Bonchev–Trinajstić information content (AvgIpc) is 2.38. The van der Waals surface area contributed by atoms with E-state index in [0.717, 1.165) is 19.4 Å². The second kappa shape index (κ2) is 3.67. The summed E-state index contributed by atoms with van der Waals surface area (Å²) in [4.78, 5) is 1.75. The van der Waals surface area contributed by atoms with Gasteiger partial charge in [-0.15, -0.1) is 12.4 Å². The lowest BCUT2D eigenvalue weighted by molar-refractivity contribution is 0.00326. The van der Waals surface area contributed by atoms with Crippen molar-refractivity contribution in [2.75, 3.05) is 19.7 Å². The van der Waals surface area contributed by atoms with Crippen LogP contribution in [0.15, 0.2) is 0 Å². The Hall–Kier alpha value is 0.0700. The van der Waals surface area contributed by atoms with Gasteiger partial charge in [0.15, 0.2) is 0 Å². The van der Waals surface area contributed by atoms with E-state index in [1.165, 1.54) is 0 Å². The number of aliphatic hydroxyl groups excluding tert-OH is 1. The van der Waals surface area contributed by atoms with Gasteiger partial charge < -0.3 is 5.11 Å². The molecule has 0 aromatic heterocycles. The number of nitrogens with zero attached hydrogens (tertiary/aromatic N) is 1. The third-order valence-electron chi connectivity index (χ3n) is 3.14. The van der Waals surface area contributed by atoms with Crippen LogP contribution in [0.1, 0.15) is 12.8 Å². The monoisotopic (exact) mass is 213 g/mol. The third kappa shape index (κ3) is 1.67. The van der Waals surface area contributed by atoms with Gasteiger partial charge in [0, 0.05) is 12.1 Å². The van der Waals surface area contributed by atoms with Crippen molar-refractivity contribution in [2.24, 2.45) is 5.92 Å². The van der Waals surface area contributed by atoms with Gasteiger partial charge in [0.25, 0.3) is 6.43 Å². The molecule has 0 atom stereocenters. The molecule has 0 unspecified atom stereocenters. The van der Waals surface area contributed by atoms with Crippen LogP contribution >= 0.6 is 12.4 Å². The van der Waals surface area contributed by atoms with Gasteiger partial charge in [-0.3, -0.25) is 4.90 Å². The van der Waals surface area contributed by atoms with E-state index in [2.05, 4.69) is 0 Å². The van der Waals surface area contributed by atoms with Gasteiger partial charge in [0.2, 0.25) is 0 Å². The maximum atomic E-state index is 12.1. The molecule has 0 radical (unpaired) electrons. The Kier molecular flexibility index (Phi) is 3.15. The Bertz CT molecular complexity index is 185. The largest absolute Gasteiger partial charge is 0.394 e. The molecule has 2 bridgehead atoms. The lowest BCUT2D eigenvalue weighted by Crippen LogP contribution is -2.50. The molecule has 1 aliphatic carbocycles. The molecule has 0 aromatic rings. The minimum absolute atomic E-state index is 0. The number of rotatable bonds is 3. The lowest BCUT2D eigenvalue weighted by atomic mass is 9.74. The van der Waals surface area contributed by atoms with Crippen molar-refractivity contribution in [1.29, 1.82) is 0 Å². The van der Waals surface area contributed by atoms with Crippen LogP contribution in [0.25, 0.3) is 0 Å². The van der Waals surface area contributed by atoms with Crippen molar-refractivity contribution in [2.45, 2.75) is 24.8 Å². The standard InChI is InChI=1S/C8H13F2NO.ClH/c9-7(10)4-11-3-6-1-8(11,2-6)5-12;/h6-7,12H,1-5H2;1H. The normalized spacial score (nSPS) is 37.4. The van der Waals surface area contributed by atoms with Crippen molar-refractivity contribution in [1.82, 2.24) is 4.90 Å². The van der Waals surface area contributed by atoms with Gasteiger partial charge in [-0.1, -0.05) is 0 Å². The summed E-state index contributed by atoms with van der Waals surface area (Å²) in [5.41, 5.74) is -0.263. The van der Waals surface area contributed by atoms with Crippen LogP contribution in [-0.4, -0.2) is 41.7 Å². The summed E-state index contributed by atoms with van der Waals surface area (Å²) in [6, 6.07) is 0. The Balaban J connectivity index is 0.000000845. The molecule has 2 heterocycles. The van der Waals surface area contributed by atoms with Crippen molar-refractivity contribution in [3.05, 3.63) is 0 Å². The quantitative estimate of drug-likeness (QED) is 0.760. The van der Waals surface area contributed by atoms with Gasteiger partial charge >= 0.3 is 0 Å². The Morgan fingerprint density at radius 2 is 2.08 bits per heavy atom. The molecule has 3 aliphatic rings. The smallest absolute Gasteiger partial charge is 0.251 e. The molecule has 1 saturated carbocycles. The Labute approximate surface area is 82.3 Å². The topological polar surface area (TPSA) is 23.5 Å². The van der Waals surface area contributed by atoms with E-state index in [1.807, 2.05) is 0 Å². The SMILES string of the molecule is Cl.OCC12CC(CN1CC(F)F)C2. The van der Waals surface area contributed by atoms with E-state index in [1.54, 1.807) is 4.90 Å². The van der Waals surface area contributed by atoms with Crippen LogP contribution in [-0.2, 0) is 0 Å². The molecule has 3 fully saturated rings. The molecule has 78 valence electrons. The number of halogens is 3. The molecule has 5 heteroatoms. The predicted octanol–water partition coefficient (Wildman–Crippen LogP) is 1.13. The molecular weight excluding hydrogens is 200 g/mol. The zero-order valence-electron chi connectivity index (χ0n) is 7.25. The molecule has 1 N–H and O–H groups in total.